The Bertz CT molecular complexity index is 241. The van der Waals surface area contributed by atoms with E-state index < -0.39 is 0 Å². The molecule has 0 aromatic heterocycles. The summed E-state index contributed by atoms with van der Waals surface area (Å²) in [5, 5.41) is 0. The standard InChI is InChI=1S/C13H25NO4/c1-12(8-17-3)14(5-7-16-2)9-13(10-15)4-6-18-11-13/h10,12H,4-9,11H2,1-3H3. The highest BCUT2D eigenvalue weighted by atomic mass is 16.5. The molecule has 0 bridgehead atoms. The molecule has 5 nitrogen and oxygen atoms in total. The molecule has 5 heteroatoms. The molecule has 0 N–H and O–H groups in total. The van der Waals surface area contributed by atoms with E-state index in [1.165, 1.54) is 0 Å². The third-order valence-electron chi connectivity index (χ3n) is 3.52. The maximum Gasteiger partial charge on any atom is 0.129 e. The molecule has 1 aliphatic rings. The van der Waals surface area contributed by atoms with Crippen molar-refractivity contribution in [3.8, 4) is 0 Å². The highest BCUT2D eigenvalue weighted by molar-refractivity contribution is 5.60. The minimum Gasteiger partial charge on any atom is -0.383 e. The van der Waals surface area contributed by atoms with E-state index >= 15 is 0 Å². The largest absolute Gasteiger partial charge is 0.383 e. The Morgan fingerprint density at radius 3 is 2.72 bits per heavy atom. The number of methoxy groups -OCH3 is 2. The molecule has 1 aliphatic heterocycles. The van der Waals surface area contributed by atoms with Gasteiger partial charge in [-0.2, -0.15) is 0 Å². The summed E-state index contributed by atoms with van der Waals surface area (Å²) >= 11 is 0. The molecule has 106 valence electrons. The van der Waals surface area contributed by atoms with Crippen molar-refractivity contribution < 1.29 is 19.0 Å². The highest BCUT2D eigenvalue weighted by Gasteiger charge is 2.37. The van der Waals surface area contributed by atoms with Gasteiger partial charge in [0.25, 0.3) is 0 Å². The normalized spacial score (nSPS) is 25.6. The number of nitrogens with zero attached hydrogens (tertiary/aromatic N) is 1. The van der Waals surface area contributed by atoms with Crippen LogP contribution in [0.4, 0.5) is 0 Å². The van der Waals surface area contributed by atoms with Crippen LogP contribution in [-0.4, -0.2) is 71.0 Å². The van der Waals surface area contributed by atoms with Crippen LogP contribution in [0.5, 0.6) is 0 Å². The van der Waals surface area contributed by atoms with E-state index in [-0.39, 0.29) is 11.5 Å². The van der Waals surface area contributed by atoms with Gasteiger partial charge in [0.15, 0.2) is 0 Å². The zero-order valence-electron chi connectivity index (χ0n) is 11.7. The number of aldehydes is 1. The van der Waals surface area contributed by atoms with E-state index in [4.69, 9.17) is 14.2 Å². The molecular weight excluding hydrogens is 234 g/mol. The van der Waals surface area contributed by atoms with Gasteiger partial charge in [-0.25, -0.2) is 0 Å². The maximum atomic E-state index is 11.3. The Labute approximate surface area is 109 Å². The van der Waals surface area contributed by atoms with Gasteiger partial charge in [0, 0.05) is 40.0 Å². The van der Waals surface area contributed by atoms with Crippen molar-refractivity contribution in [2.24, 2.45) is 5.41 Å². The lowest BCUT2D eigenvalue weighted by Gasteiger charge is -2.34. The van der Waals surface area contributed by atoms with Gasteiger partial charge in [-0.1, -0.05) is 0 Å². The lowest BCUT2D eigenvalue weighted by Crippen LogP contribution is -2.46. The van der Waals surface area contributed by atoms with Gasteiger partial charge in [-0.05, 0) is 13.3 Å². The van der Waals surface area contributed by atoms with E-state index in [0.717, 1.165) is 19.3 Å². The lowest BCUT2D eigenvalue weighted by molar-refractivity contribution is -0.118. The van der Waals surface area contributed by atoms with Gasteiger partial charge in [0.05, 0.1) is 25.2 Å². The SMILES string of the molecule is COCCN(CC1(C=O)CCOC1)C(C)COC. The summed E-state index contributed by atoms with van der Waals surface area (Å²) in [6, 6.07) is 0.266. The van der Waals surface area contributed by atoms with Crippen molar-refractivity contribution in [1.82, 2.24) is 4.90 Å². The minimum absolute atomic E-state index is 0.266. The lowest BCUT2D eigenvalue weighted by atomic mass is 9.88. The Morgan fingerprint density at radius 2 is 2.22 bits per heavy atom. The first-order valence-electron chi connectivity index (χ1n) is 6.43. The van der Waals surface area contributed by atoms with Crippen LogP contribution in [0.2, 0.25) is 0 Å². The van der Waals surface area contributed by atoms with Crippen LogP contribution < -0.4 is 0 Å². The van der Waals surface area contributed by atoms with Crippen LogP contribution in [0.15, 0.2) is 0 Å². The molecule has 1 heterocycles. The van der Waals surface area contributed by atoms with Crippen molar-refractivity contribution in [3.05, 3.63) is 0 Å². The fraction of sp³-hybridized carbons (Fsp3) is 0.923. The van der Waals surface area contributed by atoms with E-state index in [0.29, 0.717) is 33.0 Å². The summed E-state index contributed by atoms with van der Waals surface area (Å²) in [4.78, 5) is 13.6. The van der Waals surface area contributed by atoms with Crippen molar-refractivity contribution >= 4 is 6.29 Å². The molecule has 1 rings (SSSR count). The van der Waals surface area contributed by atoms with Crippen LogP contribution in [0.3, 0.4) is 0 Å². The molecule has 0 aromatic carbocycles. The first-order chi connectivity index (χ1) is 8.67. The fourth-order valence-corrected chi connectivity index (χ4v) is 2.29. The maximum absolute atomic E-state index is 11.3. The number of carbonyl (C=O) groups is 1. The summed E-state index contributed by atoms with van der Waals surface area (Å²) in [7, 11) is 3.38. The summed E-state index contributed by atoms with van der Waals surface area (Å²) in [6.07, 6.45) is 1.86. The first-order valence-corrected chi connectivity index (χ1v) is 6.43. The van der Waals surface area contributed by atoms with Crippen molar-refractivity contribution in [3.63, 3.8) is 0 Å². The summed E-state index contributed by atoms with van der Waals surface area (Å²) in [5.41, 5.74) is -0.351. The molecule has 1 fully saturated rings. The molecule has 1 saturated heterocycles. The molecule has 2 unspecified atom stereocenters. The van der Waals surface area contributed by atoms with Crippen LogP contribution in [-0.2, 0) is 19.0 Å². The van der Waals surface area contributed by atoms with Crippen molar-refractivity contribution in [2.75, 3.05) is 53.7 Å². The average molecular weight is 259 g/mol. The monoisotopic (exact) mass is 259 g/mol. The van der Waals surface area contributed by atoms with Gasteiger partial charge in [-0.15, -0.1) is 0 Å². The topological polar surface area (TPSA) is 48.0 Å². The Balaban J connectivity index is 2.60. The predicted octanol–water partition coefficient (Wildman–Crippen LogP) is 0.575. The second-order valence-electron chi connectivity index (χ2n) is 5.05. The molecule has 0 spiro atoms. The van der Waals surface area contributed by atoms with Gasteiger partial charge < -0.3 is 19.0 Å². The predicted molar refractivity (Wildman–Crippen MR) is 68.7 cm³/mol. The average Bonchev–Trinajstić information content (AvgIpc) is 2.84. The van der Waals surface area contributed by atoms with Crippen molar-refractivity contribution in [2.45, 2.75) is 19.4 Å². The molecule has 0 aromatic rings. The molecule has 0 radical (unpaired) electrons. The smallest absolute Gasteiger partial charge is 0.129 e. The van der Waals surface area contributed by atoms with E-state index in [1.807, 2.05) is 0 Å². The summed E-state index contributed by atoms with van der Waals surface area (Å²) in [6.45, 7) is 6.13. The minimum atomic E-state index is -0.351. The Hall–Kier alpha value is -0.490. The number of rotatable bonds is 9. The molecule has 18 heavy (non-hydrogen) atoms. The van der Waals surface area contributed by atoms with Crippen molar-refractivity contribution in [1.29, 1.82) is 0 Å². The first kappa shape index (κ1) is 15.6. The summed E-state index contributed by atoms with van der Waals surface area (Å²) in [5.74, 6) is 0. The Kier molecular flexibility index (Phi) is 6.78. The van der Waals surface area contributed by atoms with E-state index in [1.54, 1.807) is 14.2 Å². The number of hydrogen-bond acceptors (Lipinski definition) is 5. The molecule has 0 saturated carbocycles. The molecular formula is C13H25NO4. The van der Waals surface area contributed by atoms with Crippen LogP contribution in [0.25, 0.3) is 0 Å². The van der Waals surface area contributed by atoms with Gasteiger partial charge in [0.2, 0.25) is 0 Å². The van der Waals surface area contributed by atoms with E-state index in [9.17, 15) is 4.79 Å². The zero-order valence-corrected chi connectivity index (χ0v) is 11.7. The third kappa shape index (κ3) is 4.31. The molecule has 0 amide bonds. The second-order valence-corrected chi connectivity index (χ2v) is 5.05. The van der Waals surface area contributed by atoms with Crippen LogP contribution in [0.1, 0.15) is 13.3 Å². The molecule has 0 aliphatic carbocycles. The van der Waals surface area contributed by atoms with Crippen LogP contribution in [0, 0.1) is 5.41 Å². The highest BCUT2D eigenvalue weighted by Crippen LogP contribution is 2.28. The van der Waals surface area contributed by atoms with Gasteiger partial charge >= 0.3 is 0 Å². The third-order valence-corrected chi connectivity index (χ3v) is 3.52. The fourth-order valence-electron chi connectivity index (χ4n) is 2.29. The van der Waals surface area contributed by atoms with Gasteiger partial charge in [0.1, 0.15) is 6.29 Å². The zero-order chi connectivity index (χ0) is 13.4. The van der Waals surface area contributed by atoms with Gasteiger partial charge in [-0.3, -0.25) is 4.90 Å². The van der Waals surface area contributed by atoms with E-state index in [2.05, 4.69) is 11.8 Å². The summed E-state index contributed by atoms with van der Waals surface area (Å²) < 4.78 is 15.7. The number of hydrogen-bond donors (Lipinski definition) is 0. The Morgan fingerprint density at radius 1 is 1.44 bits per heavy atom. The quantitative estimate of drug-likeness (QED) is 0.567. The second kappa shape index (κ2) is 7.84. The molecule has 2 atom stereocenters. The number of carbonyl (C=O) groups excluding carboxylic acids is 1. The van der Waals surface area contributed by atoms with Crippen LogP contribution >= 0.6 is 0 Å². The number of ether oxygens (including phenoxy) is 3.